The first-order valence-electron chi connectivity index (χ1n) is 8.16. The topological polar surface area (TPSA) is 73.2 Å². The van der Waals surface area contributed by atoms with Crippen LogP contribution in [0, 0.1) is 13.8 Å². The molecule has 2 rings (SSSR count). The molecule has 0 saturated heterocycles. The summed E-state index contributed by atoms with van der Waals surface area (Å²) in [6, 6.07) is 7.09. The quantitative estimate of drug-likeness (QED) is 0.708. The van der Waals surface area contributed by atoms with Crippen LogP contribution >= 0.6 is 11.6 Å². The van der Waals surface area contributed by atoms with E-state index in [0.29, 0.717) is 36.0 Å². The third-order valence-corrected chi connectivity index (χ3v) is 5.59. The molecular weight excluding hydrogens is 362 g/mol. The molecule has 0 aliphatic rings. The molecule has 0 unspecified atom stereocenters. The number of benzene rings is 1. The van der Waals surface area contributed by atoms with Gasteiger partial charge in [0.25, 0.3) is 0 Å². The van der Waals surface area contributed by atoms with Gasteiger partial charge in [0.15, 0.2) is 0 Å². The van der Waals surface area contributed by atoms with E-state index in [4.69, 9.17) is 16.3 Å². The van der Waals surface area contributed by atoms with Crippen LogP contribution in [0.15, 0.2) is 29.2 Å². The van der Waals surface area contributed by atoms with Crippen molar-refractivity contribution in [3.05, 3.63) is 40.7 Å². The van der Waals surface area contributed by atoms with Gasteiger partial charge in [-0.2, -0.15) is 5.10 Å². The summed E-state index contributed by atoms with van der Waals surface area (Å²) in [6.07, 6.45) is 0.750. The monoisotopic (exact) mass is 385 g/mol. The molecule has 0 atom stereocenters. The van der Waals surface area contributed by atoms with Crippen LogP contribution in [0.3, 0.4) is 0 Å². The molecule has 0 radical (unpaired) electrons. The molecule has 0 bridgehead atoms. The van der Waals surface area contributed by atoms with E-state index in [1.54, 1.807) is 42.8 Å². The number of nitrogens with zero attached hydrogens (tertiary/aromatic N) is 2. The number of aryl methyl sites for hydroxylation is 1. The molecule has 0 spiro atoms. The minimum Gasteiger partial charge on any atom is -0.379 e. The summed E-state index contributed by atoms with van der Waals surface area (Å²) in [5.74, 6) is 0. The van der Waals surface area contributed by atoms with E-state index in [9.17, 15) is 8.42 Å². The first kappa shape index (κ1) is 19.9. The van der Waals surface area contributed by atoms with Crippen LogP contribution in [0.5, 0.6) is 0 Å². The lowest BCUT2D eigenvalue weighted by Crippen LogP contribution is -2.26. The average molecular weight is 386 g/mol. The minimum atomic E-state index is -3.63. The fourth-order valence-electron chi connectivity index (χ4n) is 2.52. The number of sulfonamides is 1. The lowest BCUT2D eigenvalue weighted by molar-refractivity contribution is 0.0778. The highest BCUT2D eigenvalue weighted by molar-refractivity contribution is 7.89. The second kappa shape index (κ2) is 8.31. The molecule has 25 heavy (non-hydrogen) atoms. The summed E-state index contributed by atoms with van der Waals surface area (Å²) < 4.78 is 34.9. The van der Waals surface area contributed by atoms with Crippen molar-refractivity contribution in [2.24, 2.45) is 0 Å². The molecule has 0 aliphatic heterocycles. The van der Waals surface area contributed by atoms with Crippen molar-refractivity contribution in [2.45, 2.75) is 45.1 Å². The van der Waals surface area contributed by atoms with E-state index in [0.717, 1.165) is 5.69 Å². The molecule has 0 saturated carbocycles. The van der Waals surface area contributed by atoms with Crippen molar-refractivity contribution in [2.75, 3.05) is 13.2 Å². The van der Waals surface area contributed by atoms with Gasteiger partial charge in [-0.1, -0.05) is 11.6 Å². The van der Waals surface area contributed by atoms with Gasteiger partial charge < -0.3 is 4.74 Å². The van der Waals surface area contributed by atoms with Crippen LogP contribution in [0.2, 0.25) is 5.02 Å². The number of ether oxygens (including phenoxy) is 1. The Balaban J connectivity index is 2.17. The van der Waals surface area contributed by atoms with Crippen LogP contribution in [0.4, 0.5) is 0 Å². The van der Waals surface area contributed by atoms with Crippen LogP contribution in [0.1, 0.15) is 31.7 Å². The molecule has 0 amide bonds. The van der Waals surface area contributed by atoms with Crippen molar-refractivity contribution < 1.29 is 13.2 Å². The SMILES string of the molecule is Cc1nn(-c2ccc(Cl)cc2)c(C)c1S(=O)(=O)NCCCOC(C)C. The third kappa shape index (κ3) is 5.04. The van der Waals surface area contributed by atoms with E-state index in [1.165, 1.54) is 0 Å². The highest BCUT2D eigenvalue weighted by Gasteiger charge is 2.24. The van der Waals surface area contributed by atoms with Gasteiger partial charge in [0.05, 0.1) is 23.2 Å². The maximum atomic E-state index is 12.6. The van der Waals surface area contributed by atoms with Crippen molar-refractivity contribution in [1.29, 1.82) is 0 Å². The molecule has 0 fully saturated rings. The van der Waals surface area contributed by atoms with Gasteiger partial charge in [-0.25, -0.2) is 17.8 Å². The predicted octanol–water partition coefficient (Wildman–Crippen LogP) is 3.24. The summed E-state index contributed by atoms with van der Waals surface area (Å²) in [6.45, 7) is 8.16. The lowest BCUT2D eigenvalue weighted by Gasteiger charge is -2.09. The first-order chi connectivity index (χ1) is 11.7. The molecule has 1 aromatic heterocycles. The molecule has 1 aromatic carbocycles. The maximum Gasteiger partial charge on any atom is 0.244 e. The average Bonchev–Trinajstić information content (AvgIpc) is 2.82. The number of rotatable bonds is 8. The zero-order valence-electron chi connectivity index (χ0n) is 14.9. The Labute approximate surface area is 154 Å². The summed E-state index contributed by atoms with van der Waals surface area (Å²) in [5, 5.41) is 4.99. The van der Waals surface area contributed by atoms with Gasteiger partial charge in [0.2, 0.25) is 10.0 Å². The second-order valence-electron chi connectivity index (χ2n) is 6.06. The maximum absolute atomic E-state index is 12.6. The zero-order chi connectivity index (χ0) is 18.6. The smallest absolute Gasteiger partial charge is 0.244 e. The summed E-state index contributed by atoms with van der Waals surface area (Å²) in [7, 11) is -3.63. The van der Waals surface area contributed by atoms with Crippen molar-refractivity contribution >= 4 is 21.6 Å². The Morgan fingerprint density at radius 3 is 2.48 bits per heavy atom. The minimum absolute atomic E-state index is 0.138. The van der Waals surface area contributed by atoms with Crippen molar-refractivity contribution in [3.8, 4) is 5.69 Å². The van der Waals surface area contributed by atoms with Gasteiger partial charge in [-0.05, 0) is 58.4 Å². The molecule has 8 heteroatoms. The number of halogens is 1. The first-order valence-corrected chi connectivity index (χ1v) is 10.0. The Bertz CT molecular complexity index is 814. The number of nitrogens with one attached hydrogen (secondary N) is 1. The van der Waals surface area contributed by atoms with E-state index in [2.05, 4.69) is 9.82 Å². The predicted molar refractivity (Wildman–Crippen MR) is 98.9 cm³/mol. The summed E-state index contributed by atoms with van der Waals surface area (Å²) in [5.41, 5.74) is 1.78. The van der Waals surface area contributed by atoms with Gasteiger partial charge in [-0.3, -0.25) is 0 Å². The molecule has 0 aliphatic carbocycles. The zero-order valence-corrected chi connectivity index (χ0v) is 16.5. The number of aromatic nitrogens is 2. The Kier molecular flexibility index (Phi) is 6.62. The van der Waals surface area contributed by atoms with Crippen LogP contribution in [-0.2, 0) is 14.8 Å². The molecule has 138 valence electrons. The van der Waals surface area contributed by atoms with Crippen LogP contribution in [-0.4, -0.2) is 37.5 Å². The summed E-state index contributed by atoms with van der Waals surface area (Å²) >= 11 is 5.90. The van der Waals surface area contributed by atoms with E-state index >= 15 is 0 Å². The van der Waals surface area contributed by atoms with Gasteiger partial charge in [-0.15, -0.1) is 0 Å². The van der Waals surface area contributed by atoms with Crippen LogP contribution < -0.4 is 4.72 Å². The number of hydrogen-bond acceptors (Lipinski definition) is 4. The number of hydrogen-bond donors (Lipinski definition) is 1. The Hall–Kier alpha value is -1.41. The largest absolute Gasteiger partial charge is 0.379 e. The van der Waals surface area contributed by atoms with Crippen LogP contribution in [0.25, 0.3) is 5.69 Å². The highest BCUT2D eigenvalue weighted by Crippen LogP contribution is 2.23. The molecule has 6 nitrogen and oxygen atoms in total. The fraction of sp³-hybridized carbons (Fsp3) is 0.471. The Morgan fingerprint density at radius 2 is 1.88 bits per heavy atom. The summed E-state index contributed by atoms with van der Waals surface area (Å²) in [4.78, 5) is 0.215. The highest BCUT2D eigenvalue weighted by atomic mass is 35.5. The van der Waals surface area contributed by atoms with Gasteiger partial charge in [0.1, 0.15) is 4.90 Å². The van der Waals surface area contributed by atoms with E-state index < -0.39 is 10.0 Å². The Morgan fingerprint density at radius 1 is 1.24 bits per heavy atom. The lowest BCUT2D eigenvalue weighted by atomic mass is 10.3. The second-order valence-corrected chi connectivity index (χ2v) is 8.20. The molecule has 1 heterocycles. The van der Waals surface area contributed by atoms with Crippen molar-refractivity contribution in [1.82, 2.24) is 14.5 Å². The molecule has 1 N–H and O–H groups in total. The fourth-order valence-corrected chi connectivity index (χ4v) is 4.11. The van der Waals surface area contributed by atoms with Gasteiger partial charge >= 0.3 is 0 Å². The standard InChI is InChI=1S/C17H24ClN3O3S/c1-12(2)24-11-5-10-19-25(22,23)17-13(3)20-21(14(17)4)16-8-6-15(18)7-9-16/h6-9,12,19H,5,10-11H2,1-4H3. The normalized spacial score (nSPS) is 12.1. The molecule has 2 aromatic rings. The molecular formula is C17H24ClN3O3S. The van der Waals surface area contributed by atoms with E-state index in [-0.39, 0.29) is 11.0 Å². The van der Waals surface area contributed by atoms with E-state index in [1.807, 2.05) is 13.8 Å². The third-order valence-electron chi connectivity index (χ3n) is 3.63. The van der Waals surface area contributed by atoms with Crippen molar-refractivity contribution in [3.63, 3.8) is 0 Å². The van der Waals surface area contributed by atoms with Gasteiger partial charge in [0, 0.05) is 18.2 Å².